The Labute approximate surface area is 188 Å². The fourth-order valence-corrected chi connectivity index (χ4v) is 4.53. The zero-order chi connectivity index (χ0) is 22.4. The normalized spacial score (nSPS) is 16.1. The minimum atomic E-state index is -0.607. The van der Waals surface area contributed by atoms with E-state index in [0.29, 0.717) is 30.9 Å². The maximum atomic E-state index is 14.5. The molecule has 1 saturated heterocycles. The van der Waals surface area contributed by atoms with Crippen LogP contribution in [-0.2, 0) is 0 Å². The van der Waals surface area contributed by atoms with Gasteiger partial charge in [-0.3, -0.25) is 4.79 Å². The van der Waals surface area contributed by atoms with E-state index in [9.17, 15) is 9.18 Å². The third-order valence-corrected chi connectivity index (χ3v) is 6.36. The summed E-state index contributed by atoms with van der Waals surface area (Å²) < 4.78 is 22.5. The van der Waals surface area contributed by atoms with Gasteiger partial charge in [0.25, 0.3) is 5.56 Å². The van der Waals surface area contributed by atoms with Crippen molar-refractivity contribution in [3.63, 3.8) is 0 Å². The first kappa shape index (κ1) is 20.5. The molecule has 3 aromatic heterocycles. The molecule has 1 atom stereocenters. The van der Waals surface area contributed by atoms with Crippen molar-refractivity contribution in [1.29, 1.82) is 0 Å². The predicted octanol–water partition coefficient (Wildman–Crippen LogP) is 4.18. The summed E-state index contributed by atoms with van der Waals surface area (Å²) in [5, 5.41) is 7.35. The maximum Gasteiger partial charge on any atom is 0.285 e. The van der Waals surface area contributed by atoms with E-state index in [1.54, 1.807) is 6.07 Å². The zero-order valence-corrected chi connectivity index (χ0v) is 18.4. The van der Waals surface area contributed by atoms with Gasteiger partial charge in [-0.1, -0.05) is 29.8 Å². The fourth-order valence-electron chi connectivity index (χ4n) is 4.32. The number of ether oxygens (including phenoxy) is 1. The molecule has 1 fully saturated rings. The number of anilines is 1. The molecule has 5 rings (SSSR count). The molecule has 1 aliphatic heterocycles. The van der Waals surface area contributed by atoms with Crippen LogP contribution in [0.25, 0.3) is 16.6 Å². The van der Waals surface area contributed by atoms with Crippen LogP contribution >= 0.6 is 11.6 Å². The topological polar surface area (TPSA) is 76.0 Å². The molecule has 1 N–H and O–H groups in total. The highest BCUT2D eigenvalue weighted by Crippen LogP contribution is 2.31. The van der Waals surface area contributed by atoms with Gasteiger partial charge >= 0.3 is 0 Å². The standard InChI is InChI=1S/C23H21ClFN5O2/c1-13-14(2)30(18-6-4-3-5-17(13)18)15-9-20(25)27-21(10-15)32-16-7-8-29(12-16)19-11-26-28-23(31)22(19)24/h3-6,9-11,16H,7-8,12H2,1-2H3,(H,28,31)/t16-/m1/s1. The van der Waals surface area contributed by atoms with Crippen molar-refractivity contribution in [2.75, 3.05) is 18.0 Å². The smallest absolute Gasteiger partial charge is 0.285 e. The molecule has 0 unspecified atom stereocenters. The molecule has 0 saturated carbocycles. The lowest BCUT2D eigenvalue weighted by atomic mass is 10.2. The van der Waals surface area contributed by atoms with E-state index in [1.807, 2.05) is 34.6 Å². The third kappa shape index (κ3) is 3.50. The number of rotatable bonds is 4. The van der Waals surface area contributed by atoms with E-state index in [0.717, 1.165) is 22.2 Å². The van der Waals surface area contributed by atoms with Crippen LogP contribution in [0.15, 0.2) is 47.4 Å². The molecule has 1 aromatic carbocycles. The number of nitrogens with zero attached hydrogens (tertiary/aromatic N) is 4. The van der Waals surface area contributed by atoms with Crippen molar-refractivity contribution in [1.82, 2.24) is 19.7 Å². The van der Waals surface area contributed by atoms with Gasteiger partial charge in [0.1, 0.15) is 11.1 Å². The number of H-pyrrole nitrogens is 1. The highest BCUT2D eigenvalue weighted by Gasteiger charge is 2.27. The van der Waals surface area contributed by atoms with Crippen LogP contribution in [0.2, 0.25) is 5.02 Å². The Bertz CT molecular complexity index is 1380. The minimum Gasteiger partial charge on any atom is -0.472 e. The number of nitrogens with one attached hydrogen (secondary N) is 1. The summed E-state index contributed by atoms with van der Waals surface area (Å²) in [5.74, 6) is -0.388. The first-order valence-corrected chi connectivity index (χ1v) is 10.7. The lowest BCUT2D eigenvalue weighted by molar-refractivity contribution is 0.213. The number of para-hydroxylation sites is 1. The molecular formula is C23H21ClFN5O2. The molecule has 9 heteroatoms. The molecule has 32 heavy (non-hydrogen) atoms. The molecule has 4 aromatic rings. The molecular weight excluding hydrogens is 433 g/mol. The van der Waals surface area contributed by atoms with Crippen molar-refractivity contribution < 1.29 is 9.13 Å². The predicted molar refractivity (Wildman–Crippen MR) is 122 cm³/mol. The zero-order valence-electron chi connectivity index (χ0n) is 17.6. The Balaban J connectivity index is 1.43. The van der Waals surface area contributed by atoms with Crippen LogP contribution < -0.4 is 15.2 Å². The Kier molecular flexibility index (Phi) is 5.09. The van der Waals surface area contributed by atoms with Gasteiger partial charge < -0.3 is 14.2 Å². The third-order valence-electron chi connectivity index (χ3n) is 5.99. The van der Waals surface area contributed by atoms with Gasteiger partial charge in [0.2, 0.25) is 11.8 Å². The van der Waals surface area contributed by atoms with Crippen molar-refractivity contribution in [3.8, 4) is 11.6 Å². The van der Waals surface area contributed by atoms with Gasteiger partial charge in [-0.15, -0.1) is 0 Å². The van der Waals surface area contributed by atoms with E-state index >= 15 is 0 Å². The summed E-state index contributed by atoms with van der Waals surface area (Å²) >= 11 is 6.12. The summed E-state index contributed by atoms with van der Waals surface area (Å²) in [6.07, 6.45) is 1.98. The molecule has 1 aliphatic rings. The summed E-state index contributed by atoms with van der Waals surface area (Å²) in [6, 6.07) is 11.2. The van der Waals surface area contributed by atoms with Crippen molar-refractivity contribution in [3.05, 3.63) is 75.2 Å². The van der Waals surface area contributed by atoms with Gasteiger partial charge in [-0.2, -0.15) is 14.5 Å². The van der Waals surface area contributed by atoms with Gasteiger partial charge in [0.05, 0.1) is 29.6 Å². The summed E-state index contributed by atoms with van der Waals surface area (Å²) in [6.45, 7) is 5.20. The summed E-state index contributed by atoms with van der Waals surface area (Å²) in [5.41, 5.74) is 3.96. The van der Waals surface area contributed by atoms with E-state index < -0.39 is 11.5 Å². The maximum absolute atomic E-state index is 14.5. The van der Waals surface area contributed by atoms with Gasteiger partial charge in [0, 0.05) is 36.2 Å². The van der Waals surface area contributed by atoms with Crippen LogP contribution in [0.3, 0.4) is 0 Å². The van der Waals surface area contributed by atoms with E-state index in [2.05, 4.69) is 28.2 Å². The highest BCUT2D eigenvalue weighted by atomic mass is 35.5. The van der Waals surface area contributed by atoms with Crippen molar-refractivity contribution in [2.45, 2.75) is 26.4 Å². The minimum absolute atomic E-state index is 0.0946. The second kappa shape index (κ2) is 7.94. The van der Waals surface area contributed by atoms with Crippen LogP contribution in [0.5, 0.6) is 5.88 Å². The second-order valence-corrected chi connectivity index (χ2v) is 8.30. The number of benzene rings is 1. The fraction of sp³-hybridized carbons (Fsp3) is 0.261. The van der Waals surface area contributed by atoms with Crippen LogP contribution in [0.1, 0.15) is 17.7 Å². The van der Waals surface area contributed by atoms with E-state index in [1.165, 1.54) is 12.3 Å². The SMILES string of the molecule is Cc1c(C)n(-c2cc(F)nc(O[C@@H]3CCN(c4cn[nH]c(=O)c4Cl)C3)c2)c2ccccc12. The van der Waals surface area contributed by atoms with Crippen LogP contribution in [0, 0.1) is 19.8 Å². The number of aromatic nitrogens is 4. The monoisotopic (exact) mass is 453 g/mol. The molecule has 0 radical (unpaired) electrons. The second-order valence-electron chi connectivity index (χ2n) is 7.92. The van der Waals surface area contributed by atoms with Crippen LogP contribution in [0.4, 0.5) is 10.1 Å². The number of hydrogen-bond donors (Lipinski definition) is 1. The number of aromatic amines is 1. The first-order valence-electron chi connectivity index (χ1n) is 10.3. The average Bonchev–Trinajstić information content (AvgIpc) is 3.32. The van der Waals surface area contributed by atoms with Crippen LogP contribution in [-0.4, -0.2) is 38.9 Å². The molecule has 0 aliphatic carbocycles. The number of hydrogen-bond acceptors (Lipinski definition) is 5. The molecule has 4 heterocycles. The summed E-state index contributed by atoms with van der Waals surface area (Å²) in [4.78, 5) is 17.6. The Morgan fingerprint density at radius 1 is 1.25 bits per heavy atom. The molecule has 0 amide bonds. The van der Waals surface area contributed by atoms with E-state index in [-0.39, 0.29) is 17.0 Å². The molecule has 7 nitrogen and oxygen atoms in total. The Morgan fingerprint density at radius 3 is 2.91 bits per heavy atom. The van der Waals surface area contributed by atoms with Gasteiger partial charge in [-0.05, 0) is 25.5 Å². The number of halogens is 2. The largest absolute Gasteiger partial charge is 0.472 e. The average molecular weight is 454 g/mol. The number of pyridine rings is 1. The van der Waals surface area contributed by atoms with Gasteiger partial charge in [0.15, 0.2) is 0 Å². The Hall–Kier alpha value is -3.39. The Morgan fingerprint density at radius 2 is 2.06 bits per heavy atom. The molecule has 164 valence electrons. The lowest BCUT2D eigenvalue weighted by Gasteiger charge is -2.19. The number of fused-ring (bicyclic) bond motifs is 1. The van der Waals surface area contributed by atoms with E-state index in [4.69, 9.17) is 16.3 Å². The quantitative estimate of drug-likeness (QED) is 0.469. The van der Waals surface area contributed by atoms with Gasteiger partial charge in [-0.25, -0.2) is 5.10 Å². The molecule has 0 spiro atoms. The van der Waals surface area contributed by atoms with Crippen molar-refractivity contribution >= 4 is 28.2 Å². The number of aryl methyl sites for hydroxylation is 1. The molecule has 0 bridgehead atoms. The summed E-state index contributed by atoms with van der Waals surface area (Å²) in [7, 11) is 0. The van der Waals surface area contributed by atoms with Crippen molar-refractivity contribution in [2.24, 2.45) is 0 Å². The highest BCUT2D eigenvalue weighted by molar-refractivity contribution is 6.33. The first-order chi connectivity index (χ1) is 15.4. The lowest BCUT2D eigenvalue weighted by Crippen LogP contribution is -2.26.